The number of nitrogens with two attached hydrogens (primary N) is 1. The van der Waals surface area contributed by atoms with Gasteiger partial charge in [0.05, 0.1) is 5.41 Å². The van der Waals surface area contributed by atoms with E-state index >= 15 is 0 Å². The van der Waals surface area contributed by atoms with Gasteiger partial charge >= 0.3 is 0 Å². The molecule has 2 rings (SSSR count). The van der Waals surface area contributed by atoms with Crippen molar-refractivity contribution in [3.63, 3.8) is 0 Å². The largest absolute Gasteiger partial charge is 0.454 e. The van der Waals surface area contributed by atoms with Crippen LogP contribution in [0.2, 0.25) is 0 Å². The second-order valence-electron chi connectivity index (χ2n) is 5.46. The zero-order valence-electron chi connectivity index (χ0n) is 11.5. The molecule has 1 atom stereocenters. The average Bonchev–Trinajstić information content (AvgIpc) is 2.82. The first-order valence-electron chi connectivity index (χ1n) is 6.33. The minimum atomic E-state index is -0.565. The molecule has 0 saturated carbocycles. The van der Waals surface area contributed by atoms with E-state index in [9.17, 15) is 4.79 Å². The first-order chi connectivity index (χ1) is 8.90. The summed E-state index contributed by atoms with van der Waals surface area (Å²) in [6.07, 6.45) is 0. The van der Waals surface area contributed by atoms with E-state index in [1.54, 1.807) is 0 Å². The van der Waals surface area contributed by atoms with Gasteiger partial charge in [0.2, 0.25) is 12.7 Å². The summed E-state index contributed by atoms with van der Waals surface area (Å²) in [6, 6.07) is 5.95. The van der Waals surface area contributed by atoms with Crippen LogP contribution in [0.25, 0.3) is 0 Å². The van der Waals surface area contributed by atoms with Crippen molar-refractivity contribution in [2.75, 3.05) is 13.3 Å². The molecular weight excluding hydrogens is 244 g/mol. The van der Waals surface area contributed by atoms with Gasteiger partial charge in [0, 0.05) is 12.6 Å². The number of primary amides is 1. The number of hydrogen-bond donors (Lipinski definition) is 2. The van der Waals surface area contributed by atoms with Crippen LogP contribution < -0.4 is 20.5 Å². The van der Waals surface area contributed by atoms with Crippen LogP contribution >= 0.6 is 0 Å². The summed E-state index contributed by atoms with van der Waals surface area (Å²) in [5.74, 6) is 1.23. The molecule has 0 saturated heterocycles. The molecular formula is C14H20N2O3. The van der Waals surface area contributed by atoms with E-state index in [0.717, 1.165) is 17.1 Å². The van der Waals surface area contributed by atoms with Crippen molar-refractivity contribution in [2.24, 2.45) is 11.1 Å². The Bertz CT molecular complexity index is 486. The molecule has 0 bridgehead atoms. The minimum absolute atomic E-state index is 0.105. The first kappa shape index (κ1) is 13.7. The normalized spacial score (nSPS) is 15.3. The molecule has 5 nitrogen and oxygen atoms in total. The number of ether oxygens (including phenoxy) is 2. The lowest BCUT2D eigenvalue weighted by Gasteiger charge is -2.24. The molecule has 0 spiro atoms. The Morgan fingerprint density at radius 3 is 2.79 bits per heavy atom. The quantitative estimate of drug-likeness (QED) is 0.846. The summed E-state index contributed by atoms with van der Waals surface area (Å²) in [5, 5.41) is 3.31. The number of amides is 1. The molecule has 5 heteroatoms. The van der Waals surface area contributed by atoms with Gasteiger partial charge < -0.3 is 20.5 Å². The van der Waals surface area contributed by atoms with Crippen molar-refractivity contribution >= 4 is 5.91 Å². The zero-order chi connectivity index (χ0) is 14.0. The Morgan fingerprint density at radius 1 is 1.42 bits per heavy atom. The van der Waals surface area contributed by atoms with Crippen molar-refractivity contribution in [3.05, 3.63) is 23.8 Å². The van der Waals surface area contributed by atoms with E-state index < -0.39 is 5.41 Å². The van der Waals surface area contributed by atoms with E-state index in [-0.39, 0.29) is 18.7 Å². The summed E-state index contributed by atoms with van der Waals surface area (Å²) in [7, 11) is 0. The van der Waals surface area contributed by atoms with Gasteiger partial charge in [-0.1, -0.05) is 6.07 Å². The fraction of sp³-hybridized carbons (Fsp3) is 0.500. The van der Waals surface area contributed by atoms with Crippen LogP contribution in [0.4, 0.5) is 0 Å². The van der Waals surface area contributed by atoms with Gasteiger partial charge in [0.15, 0.2) is 11.5 Å². The summed E-state index contributed by atoms with van der Waals surface area (Å²) in [5.41, 5.74) is 5.88. The molecule has 1 amide bonds. The van der Waals surface area contributed by atoms with Gasteiger partial charge in [-0.15, -0.1) is 0 Å². The average molecular weight is 264 g/mol. The molecule has 3 N–H and O–H groups in total. The van der Waals surface area contributed by atoms with E-state index in [2.05, 4.69) is 5.32 Å². The molecule has 1 heterocycles. The first-order valence-corrected chi connectivity index (χ1v) is 6.33. The number of fused-ring (bicyclic) bond motifs is 1. The predicted molar refractivity (Wildman–Crippen MR) is 72.0 cm³/mol. The van der Waals surface area contributed by atoms with E-state index in [4.69, 9.17) is 15.2 Å². The van der Waals surface area contributed by atoms with Crippen molar-refractivity contribution in [3.8, 4) is 11.5 Å². The third-order valence-corrected chi connectivity index (χ3v) is 3.41. The fourth-order valence-electron chi connectivity index (χ4n) is 1.80. The minimum Gasteiger partial charge on any atom is -0.454 e. The lowest BCUT2D eigenvalue weighted by molar-refractivity contribution is -0.125. The second kappa shape index (κ2) is 5.09. The molecule has 1 aromatic rings. The van der Waals surface area contributed by atoms with E-state index in [1.165, 1.54) is 0 Å². The summed E-state index contributed by atoms with van der Waals surface area (Å²) in [4.78, 5) is 11.3. The standard InChI is InChI=1S/C14H20N2O3/c1-9(16-7-14(2,3)13(15)17)10-4-5-11-12(6-10)19-8-18-11/h4-6,9,16H,7-8H2,1-3H3,(H2,15,17)/t9-/m0/s1. The van der Waals surface area contributed by atoms with Crippen LogP contribution in [0.3, 0.4) is 0 Å². The molecule has 1 aliphatic rings. The van der Waals surface area contributed by atoms with Crippen LogP contribution in [0, 0.1) is 5.41 Å². The smallest absolute Gasteiger partial charge is 0.231 e. The molecule has 0 aromatic heterocycles. The van der Waals surface area contributed by atoms with Crippen molar-refractivity contribution in [2.45, 2.75) is 26.8 Å². The Hall–Kier alpha value is -1.75. The van der Waals surface area contributed by atoms with Gasteiger partial charge in [-0.2, -0.15) is 0 Å². The maximum Gasteiger partial charge on any atom is 0.231 e. The third kappa shape index (κ3) is 2.98. The highest BCUT2D eigenvalue weighted by Crippen LogP contribution is 2.34. The monoisotopic (exact) mass is 264 g/mol. The van der Waals surface area contributed by atoms with Gasteiger partial charge in [-0.3, -0.25) is 4.79 Å². The van der Waals surface area contributed by atoms with Crippen LogP contribution in [0.15, 0.2) is 18.2 Å². The summed E-state index contributed by atoms with van der Waals surface area (Å²) >= 11 is 0. The molecule has 0 aliphatic carbocycles. The van der Waals surface area contributed by atoms with Gasteiger partial charge in [-0.05, 0) is 38.5 Å². The topological polar surface area (TPSA) is 73.6 Å². The molecule has 0 unspecified atom stereocenters. The van der Waals surface area contributed by atoms with Crippen LogP contribution in [-0.4, -0.2) is 19.2 Å². The number of nitrogens with one attached hydrogen (secondary N) is 1. The molecule has 1 aliphatic heterocycles. The Kier molecular flexibility index (Phi) is 3.66. The maximum absolute atomic E-state index is 11.3. The predicted octanol–water partition coefficient (Wildman–Crippen LogP) is 1.58. The van der Waals surface area contributed by atoms with Crippen molar-refractivity contribution in [1.29, 1.82) is 0 Å². The van der Waals surface area contributed by atoms with Gasteiger partial charge in [-0.25, -0.2) is 0 Å². The Morgan fingerprint density at radius 2 is 2.11 bits per heavy atom. The molecule has 1 aromatic carbocycles. The van der Waals surface area contributed by atoms with Gasteiger partial charge in [0.1, 0.15) is 0 Å². The number of rotatable bonds is 5. The highest BCUT2D eigenvalue weighted by Gasteiger charge is 2.25. The lowest BCUT2D eigenvalue weighted by Crippen LogP contribution is -2.41. The van der Waals surface area contributed by atoms with Crippen molar-refractivity contribution in [1.82, 2.24) is 5.32 Å². The number of carbonyl (C=O) groups excluding carboxylic acids is 1. The van der Waals surface area contributed by atoms with E-state index in [1.807, 2.05) is 39.0 Å². The SMILES string of the molecule is C[C@H](NCC(C)(C)C(N)=O)c1ccc2c(c1)OCO2. The Balaban J connectivity index is 2.00. The Labute approximate surface area is 113 Å². The molecule has 0 radical (unpaired) electrons. The molecule has 104 valence electrons. The third-order valence-electron chi connectivity index (χ3n) is 3.41. The van der Waals surface area contributed by atoms with Gasteiger partial charge in [0.25, 0.3) is 0 Å². The summed E-state index contributed by atoms with van der Waals surface area (Å²) in [6.45, 7) is 6.49. The number of hydrogen-bond acceptors (Lipinski definition) is 4. The summed E-state index contributed by atoms with van der Waals surface area (Å²) < 4.78 is 10.6. The van der Waals surface area contributed by atoms with Crippen molar-refractivity contribution < 1.29 is 14.3 Å². The number of benzene rings is 1. The van der Waals surface area contributed by atoms with Crippen LogP contribution in [0.5, 0.6) is 11.5 Å². The highest BCUT2D eigenvalue weighted by atomic mass is 16.7. The van der Waals surface area contributed by atoms with Crippen LogP contribution in [-0.2, 0) is 4.79 Å². The molecule has 0 fully saturated rings. The number of carbonyl (C=O) groups is 1. The molecule has 19 heavy (non-hydrogen) atoms. The van der Waals surface area contributed by atoms with E-state index in [0.29, 0.717) is 6.54 Å². The second-order valence-corrected chi connectivity index (χ2v) is 5.46. The zero-order valence-corrected chi connectivity index (χ0v) is 11.5. The fourth-order valence-corrected chi connectivity index (χ4v) is 1.80. The maximum atomic E-state index is 11.3. The highest BCUT2D eigenvalue weighted by molar-refractivity contribution is 5.80. The van der Waals surface area contributed by atoms with Crippen LogP contribution in [0.1, 0.15) is 32.4 Å². The lowest BCUT2D eigenvalue weighted by atomic mass is 9.92.